The predicted octanol–water partition coefficient (Wildman–Crippen LogP) is 1.87. The van der Waals surface area contributed by atoms with Crippen LogP contribution in [0.2, 0.25) is 0 Å². The maximum Gasteiger partial charge on any atom is 0.277 e. The summed E-state index contributed by atoms with van der Waals surface area (Å²) < 4.78 is 1.51. The number of rotatable bonds is 2. The Bertz CT molecular complexity index is 419. The Morgan fingerprint density at radius 3 is 2.13 bits per heavy atom. The normalized spacial score (nSPS) is 12.1. The number of carbonyl (C=O) groups is 1. The van der Waals surface area contributed by atoms with Crippen molar-refractivity contribution in [2.75, 3.05) is 0 Å². The molecule has 1 N–H and O–H groups in total. The van der Waals surface area contributed by atoms with E-state index < -0.39 is 0 Å². The zero-order valence-electron chi connectivity index (χ0n) is 9.92. The van der Waals surface area contributed by atoms with Gasteiger partial charge in [-0.2, -0.15) is 0 Å². The molecule has 4 nitrogen and oxygen atoms in total. The second kappa shape index (κ2) is 3.68. The second-order valence-corrected chi connectivity index (χ2v) is 5.02. The van der Waals surface area contributed by atoms with Crippen LogP contribution in [0.25, 0.3) is 0 Å². The van der Waals surface area contributed by atoms with Crippen LogP contribution in [0.3, 0.4) is 0 Å². The molecule has 84 valence electrons. The van der Waals surface area contributed by atoms with Crippen molar-refractivity contribution < 1.29 is 4.79 Å². The first-order valence-corrected chi connectivity index (χ1v) is 5.09. The van der Waals surface area contributed by atoms with E-state index in [-0.39, 0.29) is 22.6 Å². The third-order valence-electron chi connectivity index (χ3n) is 2.32. The Hall–Kier alpha value is -1.32. The van der Waals surface area contributed by atoms with Gasteiger partial charge in [0.1, 0.15) is 5.56 Å². The highest BCUT2D eigenvalue weighted by Gasteiger charge is 2.22. The van der Waals surface area contributed by atoms with Gasteiger partial charge in [0.2, 0.25) is 0 Å². The molecule has 1 rings (SSSR count). The van der Waals surface area contributed by atoms with Crippen molar-refractivity contribution in [3.63, 3.8) is 0 Å². The molecule has 0 saturated heterocycles. The molecule has 0 aliphatic rings. The Morgan fingerprint density at radius 1 is 1.33 bits per heavy atom. The summed E-state index contributed by atoms with van der Waals surface area (Å²) >= 11 is 0. The Kier molecular flexibility index (Phi) is 2.88. The molecule has 0 aliphatic carbocycles. The Labute approximate surface area is 89.3 Å². The maximum absolute atomic E-state index is 11.9. The molecule has 15 heavy (non-hydrogen) atoms. The van der Waals surface area contributed by atoms with E-state index in [1.807, 2.05) is 34.6 Å². The maximum atomic E-state index is 11.9. The van der Waals surface area contributed by atoms with Crippen LogP contribution in [0.15, 0.2) is 4.79 Å². The molecule has 0 aromatic carbocycles. The first-order chi connectivity index (χ1) is 6.79. The van der Waals surface area contributed by atoms with E-state index in [1.54, 1.807) is 0 Å². The minimum absolute atomic E-state index is 0.140. The molecule has 4 heteroatoms. The van der Waals surface area contributed by atoms with Gasteiger partial charge < -0.3 is 0 Å². The van der Waals surface area contributed by atoms with Gasteiger partial charge in [-0.15, -0.1) is 0 Å². The summed E-state index contributed by atoms with van der Waals surface area (Å²) in [4.78, 5) is 22.7. The lowest BCUT2D eigenvalue weighted by atomic mass is 10.1. The highest BCUT2D eigenvalue weighted by atomic mass is 16.1. The molecule has 0 atom stereocenters. The summed E-state index contributed by atoms with van der Waals surface area (Å²) in [5.74, 6) is 0.140. The lowest BCUT2D eigenvalue weighted by Gasteiger charge is -2.19. The van der Waals surface area contributed by atoms with E-state index in [9.17, 15) is 9.59 Å². The van der Waals surface area contributed by atoms with Gasteiger partial charge in [-0.1, -0.05) is 13.8 Å². The lowest BCUT2D eigenvalue weighted by Crippen LogP contribution is -2.33. The van der Waals surface area contributed by atoms with E-state index >= 15 is 0 Å². The number of aromatic amines is 1. The fourth-order valence-electron chi connectivity index (χ4n) is 1.49. The van der Waals surface area contributed by atoms with Crippen molar-refractivity contribution in [2.45, 2.75) is 46.1 Å². The number of carbonyl (C=O) groups excluding carboxylic acids is 1. The third-order valence-corrected chi connectivity index (χ3v) is 2.32. The third kappa shape index (κ3) is 2.03. The summed E-state index contributed by atoms with van der Waals surface area (Å²) in [7, 11) is 0. The highest BCUT2D eigenvalue weighted by molar-refractivity contribution is 5.76. The largest absolute Gasteiger partial charge is 0.298 e. The fourth-order valence-corrected chi connectivity index (χ4v) is 1.49. The molecule has 1 heterocycles. The van der Waals surface area contributed by atoms with Crippen molar-refractivity contribution in [3.05, 3.63) is 21.6 Å². The molecule has 1 aromatic rings. The quantitative estimate of drug-likeness (QED) is 0.757. The van der Waals surface area contributed by atoms with Gasteiger partial charge in [-0.3, -0.25) is 14.7 Å². The van der Waals surface area contributed by atoms with Gasteiger partial charge in [-0.25, -0.2) is 4.68 Å². The van der Waals surface area contributed by atoms with Crippen LogP contribution in [-0.2, 0) is 5.54 Å². The van der Waals surface area contributed by atoms with E-state index in [4.69, 9.17) is 0 Å². The number of aromatic nitrogens is 2. The molecule has 0 fully saturated rings. The number of H-pyrrole nitrogens is 1. The number of hydrogen-bond donors (Lipinski definition) is 1. The van der Waals surface area contributed by atoms with Gasteiger partial charge in [0.25, 0.3) is 5.56 Å². The summed E-state index contributed by atoms with van der Waals surface area (Å²) in [5, 5.41) is 3.01. The molecule has 0 aliphatic heterocycles. The zero-order chi connectivity index (χ0) is 11.8. The van der Waals surface area contributed by atoms with E-state index in [2.05, 4.69) is 5.10 Å². The minimum Gasteiger partial charge on any atom is -0.298 e. The van der Waals surface area contributed by atoms with Crippen LogP contribution in [-0.4, -0.2) is 16.1 Å². The summed E-state index contributed by atoms with van der Waals surface area (Å²) in [6.45, 7) is 9.66. The monoisotopic (exact) mass is 210 g/mol. The summed E-state index contributed by atoms with van der Waals surface area (Å²) in [5.41, 5.74) is 0.396. The number of hydrogen-bond acceptors (Lipinski definition) is 2. The first kappa shape index (κ1) is 11.8. The van der Waals surface area contributed by atoms with Crippen molar-refractivity contribution in [2.24, 2.45) is 0 Å². The predicted molar refractivity (Wildman–Crippen MR) is 59.5 cm³/mol. The van der Waals surface area contributed by atoms with Crippen LogP contribution >= 0.6 is 0 Å². The van der Waals surface area contributed by atoms with Gasteiger partial charge in [0, 0.05) is 0 Å². The molecular formula is C11H18N2O2. The van der Waals surface area contributed by atoms with Crippen LogP contribution in [0, 0.1) is 0 Å². The molecule has 0 saturated carbocycles. The zero-order valence-corrected chi connectivity index (χ0v) is 9.92. The van der Waals surface area contributed by atoms with Crippen LogP contribution < -0.4 is 5.56 Å². The highest BCUT2D eigenvalue weighted by Crippen LogP contribution is 2.17. The molecule has 0 unspecified atom stereocenters. The standard InChI is InChI=1S/C11H18N2O2/c1-7(2)9-8(6-14)10(15)13(12-9)11(3,4)5/h6-7,12H,1-5H3. The van der Waals surface area contributed by atoms with Gasteiger partial charge in [-0.05, 0) is 26.7 Å². The van der Waals surface area contributed by atoms with Crippen LogP contribution in [0.4, 0.5) is 0 Å². The molecular weight excluding hydrogens is 192 g/mol. The second-order valence-electron chi connectivity index (χ2n) is 5.02. The van der Waals surface area contributed by atoms with Crippen molar-refractivity contribution >= 4 is 6.29 Å². The van der Waals surface area contributed by atoms with Crippen molar-refractivity contribution in [1.82, 2.24) is 9.78 Å². The number of aldehydes is 1. The molecule has 0 amide bonds. The van der Waals surface area contributed by atoms with Crippen molar-refractivity contribution in [3.8, 4) is 0 Å². The fraction of sp³-hybridized carbons (Fsp3) is 0.636. The number of nitrogens with zero attached hydrogens (tertiary/aromatic N) is 1. The van der Waals surface area contributed by atoms with Crippen LogP contribution in [0.1, 0.15) is 56.6 Å². The van der Waals surface area contributed by atoms with Crippen LogP contribution in [0.5, 0.6) is 0 Å². The van der Waals surface area contributed by atoms with Gasteiger partial charge in [0.05, 0.1) is 11.2 Å². The van der Waals surface area contributed by atoms with Gasteiger partial charge >= 0.3 is 0 Å². The number of nitrogens with one attached hydrogen (secondary N) is 1. The lowest BCUT2D eigenvalue weighted by molar-refractivity contribution is 0.112. The first-order valence-electron chi connectivity index (χ1n) is 5.09. The Balaban J connectivity index is 3.48. The minimum atomic E-state index is -0.331. The SMILES string of the molecule is CC(C)c1[nH]n(C(C)(C)C)c(=O)c1C=O. The topological polar surface area (TPSA) is 54.9 Å². The summed E-state index contributed by atoms with van der Waals surface area (Å²) in [6, 6.07) is 0. The molecule has 1 aromatic heterocycles. The van der Waals surface area contributed by atoms with E-state index in [0.29, 0.717) is 12.0 Å². The Morgan fingerprint density at radius 2 is 1.87 bits per heavy atom. The van der Waals surface area contributed by atoms with E-state index in [0.717, 1.165) is 0 Å². The van der Waals surface area contributed by atoms with Crippen molar-refractivity contribution in [1.29, 1.82) is 0 Å². The molecule has 0 bridgehead atoms. The average molecular weight is 210 g/mol. The molecule has 0 radical (unpaired) electrons. The van der Waals surface area contributed by atoms with Gasteiger partial charge in [0.15, 0.2) is 6.29 Å². The molecule has 0 spiro atoms. The smallest absolute Gasteiger partial charge is 0.277 e. The average Bonchev–Trinajstić information content (AvgIpc) is 2.41. The summed E-state index contributed by atoms with van der Waals surface area (Å²) in [6.07, 6.45) is 0.635. The van der Waals surface area contributed by atoms with E-state index in [1.165, 1.54) is 4.68 Å².